The second-order valence-corrected chi connectivity index (χ2v) is 5.35. The summed E-state index contributed by atoms with van der Waals surface area (Å²) < 4.78 is 13.7. The molecule has 0 bridgehead atoms. The van der Waals surface area contributed by atoms with Crippen molar-refractivity contribution in [2.75, 3.05) is 5.73 Å². The van der Waals surface area contributed by atoms with Crippen LogP contribution in [-0.4, -0.2) is 9.97 Å². The van der Waals surface area contributed by atoms with Gasteiger partial charge in [-0.1, -0.05) is 37.1 Å². The van der Waals surface area contributed by atoms with E-state index in [0.717, 1.165) is 31.9 Å². The van der Waals surface area contributed by atoms with Crippen LogP contribution in [0.15, 0.2) is 36.1 Å². The van der Waals surface area contributed by atoms with E-state index in [0.29, 0.717) is 11.5 Å². The number of terminal acetylenes is 1. The minimum atomic E-state index is -0.552. The van der Waals surface area contributed by atoms with Crippen LogP contribution in [0.4, 0.5) is 10.3 Å². The lowest BCUT2D eigenvalue weighted by atomic mass is 9.91. The van der Waals surface area contributed by atoms with Gasteiger partial charge in [0.15, 0.2) is 5.82 Å². The number of anilines is 1. The summed E-state index contributed by atoms with van der Waals surface area (Å²) in [5.41, 5.74) is 7.37. The van der Waals surface area contributed by atoms with Crippen LogP contribution in [0.1, 0.15) is 38.3 Å². The molecule has 3 nitrogen and oxygen atoms in total. The third-order valence-corrected chi connectivity index (χ3v) is 3.71. The molecule has 114 valence electrons. The summed E-state index contributed by atoms with van der Waals surface area (Å²) in [4.78, 5) is 7.50. The number of allylic oxidation sites excluding steroid dienone is 6. The predicted octanol–water partition coefficient (Wildman–Crippen LogP) is 3.91. The van der Waals surface area contributed by atoms with Crippen molar-refractivity contribution in [2.24, 2.45) is 5.92 Å². The van der Waals surface area contributed by atoms with E-state index in [1.807, 2.05) is 6.08 Å². The quantitative estimate of drug-likeness (QED) is 0.838. The Bertz CT molecular complexity index is 665. The topological polar surface area (TPSA) is 51.8 Å². The Balaban J connectivity index is 2.04. The van der Waals surface area contributed by atoms with Gasteiger partial charge >= 0.3 is 0 Å². The van der Waals surface area contributed by atoms with Gasteiger partial charge in [-0.15, -0.1) is 6.42 Å². The molecule has 22 heavy (non-hydrogen) atoms. The molecule has 0 amide bonds. The van der Waals surface area contributed by atoms with Gasteiger partial charge in [-0.2, -0.15) is 0 Å². The van der Waals surface area contributed by atoms with Crippen LogP contribution in [0.3, 0.4) is 0 Å². The Hall–Kier alpha value is -2.41. The van der Waals surface area contributed by atoms with Crippen LogP contribution in [0, 0.1) is 24.1 Å². The van der Waals surface area contributed by atoms with Crippen LogP contribution in [0.5, 0.6) is 0 Å². The van der Waals surface area contributed by atoms with Crippen LogP contribution in [0.2, 0.25) is 0 Å². The normalized spacial score (nSPS) is 16.0. The average molecular weight is 297 g/mol. The lowest BCUT2D eigenvalue weighted by molar-refractivity contribution is 0.609. The number of halogens is 1. The van der Waals surface area contributed by atoms with Crippen LogP contribution in [-0.2, 0) is 0 Å². The van der Waals surface area contributed by atoms with Crippen molar-refractivity contribution in [3.8, 4) is 12.3 Å². The van der Waals surface area contributed by atoms with Crippen molar-refractivity contribution in [3.63, 3.8) is 0 Å². The first-order valence-electron chi connectivity index (χ1n) is 7.43. The maximum absolute atomic E-state index is 13.7. The molecule has 1 heterocycles. The number of nitrogen functional groups attached to an aromatic ring is 1. The fourth-order valence-corrected chi connectivity index (χ4v) is 2.44. The standard InChI is InChI=1S/C18H20FN3/c1-3-14(17-16(19)12-21-18(20)22-17)11-7-8-13(2)15-9-5-4-6-10-15/h1,5,9-13H,4,6-8H2,2H3,(H2,20,21,22)/b14-11+. The monoisotopic (exact) mass is 297 g/mol. The Morgan fingerprint density at radius 3 is 3.05 bits per heavy atom. The molecule has 1 aromatic rings. The minimum Gasteiger partial charge on any atom is -0.368 e. The van der Waals surface area contributed by atoms with Crippen molar-refractivity contribution >= 4 is 11.5 Å². The molecule has 1 aliphatic carbocycles. The van der Waals surface area contributed by atoms with Crippen molar-refractivity contribution in [1.29, 1.82) is 0 Å². The molecule has 0 aromatic carbocycles. The van der Waals surface area contributed by atoms with Gasteiger partial charge in [0.1, 0.15) is 5.69 Å². The molecule has 0 spiro atoms. The zero-order valence-electron chi connectivity index (χ0n) is 12.7. The van der Waals surface area contributed by atoms with Gasteiger partial charge in [0.05, 0.1) is 6.20 Å². The van der Waals surface area contributed by atoms with E-state index < -0.39 is 5.82 Å². The Morgan fingerprint density at radius 2 is 2.36 bits per heavy atom. The van der Waals surface area contributed by atoms with Gasteiger partial charge in [-0.05, 0) is 37.2 Å². The molecule has 4 heteroatoms. The zero-order chi connectivity index (χ0) is 15.9. The fourth-order valence-electron chi connectivity index (χ4n) is 2.44. The van der Waals surface area contributed by atoms with Crippen LogP contribution in [0.25, 0.3) is 5.57 Å². The maximum Gasteiger partial charge on any atom is 0.220 e. The van der Waals surface area contributed by atoms with Gasteiger partial charge in [0.2, 0.25) is 5.95 Å². The number of nitrogens with two attached hydrogens (primary N) is 1. The minimum absolute atomic E-state index is 0.0171. The third-order valence-electron chi connectivity index (χ3n) is 3.71. The highest BCUT2D eigenvalue weighted by atomic mass is 19.1. The van der Waals surface area contributed by atoms with E-state index in [1.54, 1.807) is 0 Å². The molecule has 1 aliphatic rings. The summed E-state index contributed by atoms with van der Waals surface area (Å²) in [5.74, 6) is 2.40. The summed E-state index contributed by atoms with van der Waals surface area (Å²) in [6.45, 7) is 2.19. The van der Waals surface area contributed by atoms with E-state index in [9.17, 15) is 4.39 Å². The molecule has 2 rings (SSSR count). The predicted molar refractivity (Wildman–Crippen MR) is 88.1 cm³/mol. The van der Waals surface area contributed by atoms with Gasteiger partial charge in [-0.25, -0.2) is 14.4 Å². The van der Waals surface area contributed by atoms with E-state index >= 15 is 0 Å². The molecule has 1 atom stereocenters. The van der Waals surface area contributed by atoms with Crippen molar-refractivity contribution in [2.45, 2.75) is 32.6 Å². The summed E-state index contributed by atoms with van der Waals surface area (Å²) in [6.07, 6.45) is 19.0. The molecule has 1 unspecified atom stereocenters. The summed E-state index contributed by atoms with van der Waals surface area (Å²) in [5, 5.41) is 0. The van der Waals surface area contributed by atoms with E-state index in [4.69, 9.17) is 12.2 Å². The largest absolute Gasteiger partial charge is 0.368 e. The SMILES string of the molecule is C#C/C(=C\CCC(C)C1=CCCC=C1)c1nc(N)ncc1F. The van der Waals surface area contributed by atoms with Gasteiger partial charge in [-0.3, -0.25) is 0 Å². The van der Waals surface area contributed by atoms with Gasteiger partial charge in [0.25, 0.3) is 0 Å². The Labute approximate surface area is 130 Å². The highest BCUT2D eigenvalue weighted by Crippen LogP contribution is 2.24. The first-order chi connectivity index (χ1) is 10.6. The highest BCUT2D eigenvalue weighted by molar-refractivity contribution is 5.76. The summed E-state index contributed by atoms with van der Waals surface area (Å²) >= 11 is 0. The van der Waals surface area contributed by atoms with Crippen LogP contribution >= 0.6 is 0 Å². The molecular weight excluding hydrogens is 277 g/mol. The number of rotatable bonds is 5. The zero-order valence-corrected chi connectivity index (χ0v) is 12.7. The number of hydrogen-bond acceptors (Lipinski definition) is 3. The summed E-state index contributed by atoms with van der Waals surface area (Å²) in [6, 6.07) is 0. The molecule has 2 N–H and O–H groups in total. The Kier molecular flexibility index (Phi) is 5.48. The molecule has 0 fully saturated rings. The second-order valence-electron chi connectivity index (χ2n) is 5.35. The number of hydrogen-bond donors (Lipinski definition) is 1. The molecule has 0 aliphatic heterocycles. The maximum atomic E-state index is 13.7. The van der Waals surface area contributed by atoms with Crippen molar-refractivity contribution in [3.05, 3.63) is 47.6 Å². The van der Waals surface area contributed by atoms with Crippen LogP contribution < -0.4 is 5.73 Å². The fraction of sp³-hybridized carbons (Fsp3) is 0.333. The first kappa shape index (κ1) is 16.0. The number of nitrogens with zero attached hydrogens (tertiary/aromatic N) is 2. The van der Waals surface area contributed by atoms with Gasteiger partial charge < -0.3 is 5.73 Å². The molecular formula is C18H20FN3. The highest BCUT2D eigenvalue weighted by Gasteiger charge is 2.11. The smallest absolute Gasteiger partial charge is 0.220 e. The molecule has 0 saturated heterocycles. The lowest BCUT2D eigenvalue weighted by Crippen LogP contribution is -2.02. The van der Waals surface area contributed by atoms with E-state index in [2.05, 4.69) is 41.0 Å². The Morgan fingerprint density at radius 1 is 1.55 bits per heavy atom. The third kappa shape index (κ3) is 4.05. The lowest BCUT2D eigenvalue weighted by Gasteiger charge is -2.14. The number of aromatic nitrogens is 2. The van der Waals surface area contributed by atoms with Gasteiger partial charge in [0, 0.05) is 5.57 Å². The van der Waals surface area contributed by atoms with E-state index in [-0.39, 0.29) is 11.6 Å². The second kappa shape index (κ2) is 7.56. The first-order valence-corrected chi connectivity index (χ1v) is 7.43. The molecule has 0 radical (unpaired) electrons. The van der Waals surface area contributed by atoms with E-state index in [1.165, 1.54) is 5.57 Å². The summed E-state index contributed by atoms with van der Waals surface area (Å²) in [7, 11) is 0. The molecule has 0 saturated carbocycles. The van der Waals surface area contributed by atoms with Crippen molar-refractivity contribution in [1.82, 2.24) is 9.97 Å². The average Bonchev–Trinajstić information content (AvgIpc) is 2.55. The molecule has 1 aromatic heterocycles. The van der Waals surface area contributed by atoms with Crippen molar-refractivity contribution < 1.29 is 4.39 Å².